The average molecular weight is 309 g/mol. The molecule has 4 rings (SSSR count). The van der Waals surface area contributed by atoms with Gasteiger partial charge in [-0.3, -0.25) is 9.80 Å². The van der Waals surface area contributed by atoms with E-state index in [1.807, 2.05) is 0 Å². The molecule has 0 spiro atoms. The minimum atomic E-state index is 0.377. The van der Waals surface area contributed by atoms with Crippen molar-refractivity contribution in [3.63, 3.8) is 0 Å². The van der Waals surface area contributed by atoms with Crippen molar-refractivity contribution in [1.82, 2.24) is 20.4 Å². The predicted molar refractivity (Wildman–Crippen MR) is 93.3 cm³/mol. The molecule has 128 valence electrons. The second-order valence-electron chi connectivity index (χ2n) is 9.00. The van der Waals surface area contributed by atoms with Crippen LogP contribution in [0.25, 0.3) is 0 Å². The third-order valence-corrected chi connectivity index (χ3v) is 5.89. The molecule has 4 aliphatic rings. The molecule has 4 aliphatic heterocycles. The van der Waals surface area contributed by atoms with Gasteiger partial charge in [0.1, 0.15) is 0 Å². The Morgan fingerprint density at radius 3 is 1.95 bits per heavy atom. The summed E-state index contributed by atoms with van der Waals surface area (Å²) in [6, 6.07) is 3.95. The first-order chi connectivity index (χ1) is 10.3. The first-order valence-electron chi connectivity index (χ1n) is 9.33. The molecule has 4 atom stereocenters. The lowest BCUT2D eigenvalue weighted by atomic mass is 10.0. The van der Waals surface area contributed by atoms with Gasteiger partial charge in [0.25, 0.3) is 0 Å². The summed E-state index contributed by atoms with van der Waals surface area (Å²) in [6.45, 7) is 16.5. The first-order valence-corrected chi connectivity index (χ1v) is 9.33. The lowest BCUT2D eigenvalue weighted by Crippen LogP contribution is -2.53. The van der Waals surface area contributed by atoms with Crippen LogP contribution in [0, 0.1) is 0 Å². The summed E-state index contributed by atoms with van der Waals surface area (Å²) in [4.78, 5) is 5.23. The number of likely N-dealkylation sites (tertiary alicyclic amines) is 2. The molecule has 2 N–H and O–H groups in total. The number of nitrogens with zero attached hydrogens (tertiary/aromatic N) is 2. The zero-order chi connectivity index (χ0) is 15.9. The van der Waals surface area contributed by atoms with Gasteiger partial charge in [-0.05, 0) is 53.9 Å². The standard InChI is InChI=1S/2C9H18N2/c1-9(2,3)11-6-7-4-8(11)5-10-7;1-7(2)11-5-8-3-4-9(6-11)10-8/h7-8,10H,4-6H2,1-3H3;7-10H,3-6H2,1-2H3. The third kappa shape index (κ3) is 3.66. The van der Waals surface area contributed by atoms with Crippen LogP contribution in [0.15, 0.2) is 0 Å². The summed E-state index contributed by atoms with van der Waals surface area (Å²) < 4.78 is 0. The maximum Gasteiger partial charge on any atom is 0.0241 e. The van der Waals surface area contributed by atoms with E-state index >= 15 is 0 Å². The lowest BCUT2D eigenvalue weighted by Gasteiger charge is -2.38. The van der Waals surface area contributed by atoms with E-state index in [2.05, 4.69) is 55.1 Å². The monoisotopic (exact) mass is 308 g/mol. The van der Waals surface area contributed by atoms with Gasteiger partial charge < -0.3 is 10.6 Å². The van der Waals surface area contributed by atoms with Crippen molar-refractivity contribution in [2.75, 3.05) is 26.2 Å². The average Bonchev–Trinajstić information content (AvgIpc) is 3.14. The van der Waals surface area contributed by atoms with Gasteiger partial charge >= 0.3 is 0 Å². The van der Waals surface area contributed by atoms with Crippen molar-refractivity contribution >= 4 is 0 Å². The molecule has 4 nitrogen and oxygen atoms in total. The number of nitrogens with one attached hydrogen (secondary N) is 2. The van der Waals surface area contributed by atoms with E-state index < -0.39 is 0 Å². The van der Waals surface area contributed by atoms with Crippen LogP contribution in [0.4, 0.5) is 0 Å². The number of hydrogen-bond acceptors (Lipinski definition) is 4. The third-order valence-electron chi connectivity index (χ3n) is 5.89. The Morgan fingerprint density at radius 1 is 0.955 bits per heavy atom. The highest BCUT2D eigenvalue weighted by Gasteiger charge is 2.42. The predicted octanol–water partition coefficient (Wildman–Crippen LogP) is 1.66. The zero-order valence-corrected chi connectivity index (χ0v) is 15.2. The SMILES string of the molecule is CC(C)(C)N1CC2CC1CN2.CC(C)N1CC2CCC(C1)N2. The first kappa shape index (κ1) is 16.7. The Hall–Kier alpha value is -0.160. The smallest absolute Gasteiger partial charge is 0.0241 e. The van der Waals surface area contributed by atoms with E-state index in [-0.39, 0.29) is 0 Å². The topological polar surface area (TPSA) is 30.5 Å². The van der Waals surface area contributed by atoms with Gasteiger partial charge in [0.15, 0.2) is 0 Å². The largest absolute Gasteiger partial charge is 0.311 e. The molecule has 4 fully saturated rings. The Labute approximate surface area is 137 Å². The van der Waals surface area contributed by atoms with E-state index in [1.54, 1.807) is 0 Å². The normalized spacial score (nSPS) is 38.5. The van der Waals surface area contributed by atoms with Crippen LogP contribution in [0.2, 0.25) is 0 Å². The molecule has 0 aromatic rings. The van der Waals surface area contributed by atoms with Crippen molar-refractivity contribution in [3.05, 3.63) is 0 Å². The summed E-state index contributed by atoms with van der Waals surface area (Å²) in [5.74, 6) is 0. The van der Waals surface area contributed by atoms with Gasteiger partial charge in [-0.25, -0.2) is 0 Å². The van der Waals surface area contributed by atoms with Gasteiger partial charge in [-0.1, -0.05) is 0 Å². The quantitative estimate of drug-likeness (QED) is 0.771. The van der Waals surface area contributed by atoms with Crippen molar-refractivity contribution in [1.29, 1.82) is 0 Å². The summed E-state index contributed by atoms with van der Waals surface area (Å²) in [6.07, 6.45) is 4.17. The molecule has 4 heterocycles. The van der Waals surface area contributed by atoms with Crippen molar-refractivity contribution in [3.8, 4) is 0 Å². The molecule has 0 amide bonds. The summed E-state index contributed by atoms with van der Waals surface area (Å²) in [5, 5.41) is 7.15. The Morgan fingerprint density at radius 2 is 1.59 bits per heavy atom. The molecule has 4 bridgehead atoms. The van der Waals surface area contributed by atoms with E-state index in [4.69, 9.17) is 0 Å². The zero-order valence-electron chi connectivity index (χ0n) is 15.2. The summed E-state index contributed by atoms with van der Waals surface area (Å²) in [7, 11) is 0. The van der Waals surface area contributed by atoms with Crippen LogP contribution >= 0.6 is 0 Å². The number of piperazine rings is 2. The van der Waals surface area contributed by atoms with Gasteiger partial charge in [-0.15, -0.1) is 0 Å². The molecular weight excluding hydrogens is 272 g/mol. The lowest BCUT2D eigenvalue weighted by molar-refractivity contribution is 0.106. The second-order valence-corrected chi connectivity index (χ2v) is 9.00. The van der Waals surface area contributed by atoms with Crippen LogP contribution in [-0.2, 0) is 0 Å². The van der Waals surface area contributed by atoms with Crippen LogP contribution in [0.1, 0.15) is 53.9 Å². The Balaban J connectivity index is 0.000000131. The van der Waals surface area contributed by atoms with Crippen LogP contribution in [0.3, 0.4) is 0 Å². The highest BCUT2D eigenvalue weighted by Crippen LogP contribution is 2.29. The van der Waals surface area contributed by atoms with E-state index in [9.17, 15) is 0 Å². The van der Waals surface area contributed by atoms with Gasteiger partial charge in [0.05, 0.1) is 0 Å². The van der Waals surface area contributed by atoms with Crippen molar-refractivity contribution < 1.29 is 0 Å². The van der Waals surface area contributed by atoms with E-state index in [0.717, 1.165) is 30.2 Å². The fraction of sp³-hybridized carbons (Fsp3) is 1.00. The number of rotatable bonds is 1. The van der Waals surface area contributed by atoms with Crippen LogP contribution < -0.4 is 10.6 Å². The van der Waals surface area contributed by atoms with E-state index in [0.29, 0.717) is 5.54 Å². The molecule has 4 unspecified atom stereocenters. The van der Waals surface area contributed by atoms with E-state index in [1.165, 1.54) is 45.4 Å². The molecule has 0 aliphatic carbocycles. The minimum Gasteiger partial charge on any atom is -0.311 e. The van der Waals surface area contributed by atoms with Crippen molar-refractivity contribution in [2.45, 2.75) is 89.6 Å². The molecule has 0 saturated carbocycles. The summed E-state index contributed by atoms with van der Waals surface area (Å²) in [5.41, 5.74) is 0.377. The minimum absolute atomic E-state index is 0.377. The Bertz CT molecular complexity index is 364. The van der Waals surface area contributed by atoms with Gasteiger partial charge in [0.2, 0.25) is 0 Å². The fourth-order valence-corrected chi connectivity index (χ4v) is 4.64. The van der Waals surface area contributed by atoms with Crippen LogP contribution in [0.5, 0.6) is 0 Å². The van der Waals surface area contributed by atoms with Crippen molar-refractivity contribution in [2.24, 2.45) is 0 Å². The molecule has 4 heteroatoms. The molecular formula is C18H36N4. The number of fused-ring (bicyclic) bond motifs is 4. The molecule has 0 radical (unpaired) electrons. The van der Waals surface area contributed by atoms with Gasteiger partial charge in [0, 0.05) is 61.9 Å². The van der Waals surface area contributed by atoms with Crippen LogP contribution in [-0.4, -0.2) is 71.7 Å². The molecule has 0 aromatic heterocycles. The van der Waals surface area contributed by atoms with Gasteiger partial charge in [-0.2, -0.15) is 0 Å². The molecule has 0 aromatic carbocycles. The summed E-state index contributed by atoms with van der Waals surface area (Å²) >= 11 is 0. The highest BCUT2D eigenvalue weighted by molar-refractivity contribution is 5.01. The molecule has 22 heavy (non-hydrogen) atoms. The maximum atomic E-state index is 3.63. The second kappa shape index (κ2) is 6.39. The highest BCUT2D eigenvalue weighted by atomic mass is 15.3. The molecule has 4 saturated heterocycles. The maximum absolute atomic E-state index is 3.63. The number of hydrogen-bond donors (Lipinski definition) is 2. The Kier molecular flexibility index (Phi) is 4.84. The fourth-order valence-electron chi connectivity index (χ4n) is 4.64.